The van der Waals surface area contributed by atoms with Crippen molar-refractivity contribution in [3.05, 3.63) is 0 Å². The molecule has 0 aromatic rings. The van der Waals surface area contributed by atoms with Gasteiger partial charge in [-0.1, -0.05) is 98.2 Å². The third kappa shape index (κ3) is 3.52. The minimum absolute atomic E-state index is 1.36. The molecule has 0 saturated carbocycles. The van der Waals surface area contributed by atoms with Gasteiger partial charge in [-0.3, -0.25) is 0 Å². The molecule has 0 aliphatic carbocycles. The maximum Gasteiger partial charge on any atom is 0.151 e. The molecule has 0 unspecified atom stereocenters. The van der Waals surface area contributed by atoms with Gasteiger partial charge in [0, 0.05) is 30.4 Å². The summed E-state index contributed by atoms with van der Waals surface area (Å²) in [5.74, 6) is 0. The first kappa shape index (κ1) is 24.5. The third-order valence-electron chi connectivity index (χ3n) is 7.95. The molecule has 1 nitrogen and oxygen atoms in total. The predicted octanol–water partition coefficient (Wildman–Crippen LogP) is 5.53. The Morgan fingerprint density at radius 1 is 0.348 bits per heavy atom. The van der Waals surface area contributed by atoms with Crippen LogP contribution in [0.1, 0.15) is 0 Å². The molecule has 0 aliphatic rings. The Balaban J connectivity index is 6.94. The lowest BCUT2D eigenvalue weighted by molar-refractivity contribution is 0.587. The number of rotatable bonds is 6. The molecule has 0 rings (SSSR count). The van der Waals surface area contributed by atoms with Crippen LogP contribution in [-0.2, 0) is 0 Å². The summed E-state index contributed by atoms with van der Waals surface area (Å²) < 4.78 is 0. The summed E-state index contributed by atoms with van der Waals surface area (Å²) in [6.07, 6.45) is 0. The lowest BCUT2D eigenvalue weighted by Gasteiger charge is -2.65. The lowest BCUT2D eigenvalue weighted by Crippen LogP contribution is -2.96. The quantitative estimate of drug-likeness (QED) is 0.540. The normalized spacial score (nSPS) is 16.7. The van der Waals surface area contributed by atoms with Gasteiger partial charge in [0.25, 0.3) is 0 Å². The first-order valence-corrected chi connectivity index (χ1v) is 36.7. The molecular formula is C15H46OSi7. The molecule has 0 amide bonds. The first-order chi connectivity index (χ1) is 9.50. The van der Waals surface area contributed by atoms with E-state index in [0.29, 0.717) is 0 Å². The monoisotopic (exact) mass is 438 g/mol. The van der Waals surface area contributed by atoms with Gasteiger partial charge in [0.05, 0.1) is 13.3 Å². The van der Waals surface area contributed by atoms with E-state index in [1.165, 1.54) is 0 Å². The van der Waals surface area contributed by atoms with Gasteiger partial charge in [-0.15, -0.1) is 0 Å². The van der Waals surface area contributed by atoms with E-state index >= 15 is 0 Å². The Morgan fingerprint density at radius 2 is 0.478 bits per heavy atom. The van der Waals surface area contributed by atoms with E-state index in [0.717, 1.165) is 0 Å². The molecule has 0 fully saturated rings. The van der Waals surface area contributed by atoms with Crippen molar-refractivity contribution in [1.29, 1.82) is 0 Å². The van der Waals surface area contributed by atoms with Gasteiger partial charge in [0.1, 0.15) is 0 Å². The van der Waals surface area contributed by atoms with E-state index in [1.54, 1.807) is 0 Å². The fraction of sp³-hybridized carbons (Fsp3) is 1.00. The zero-order chi connectivity index (χ0) is 19.5. The molecule has 0 atom stereocenters. The van der Waals surface area contributed by atoms with Crippen molar-refractivity contribution in [2.45, 2.75) is 98.2 Å². The maximum atomic E-state index is 12.7. The third-order valence-corrected chi connectivity index (χ3v) is 161. The molecular weight excluding hydrogens is 393 g/mol. The van der Waals surface area contributed by atoms with Crippen molar-refractivity contribution in [3.8, 4) is 0 Å². The van der Waals surface area contributed by atoms with Gasteiger partial charge in [-0.25, -0.2) is 0 Å². The van der Waals surface area contributed by atoms with Crippen molar-refractivity contribution in [2.24, 2.45) is 0 Å². The zero-order valence-electron chi connectivity index (χ0n) is 18.9. The van der Waals surface area contributed by atoms with E-state index in [4.69, 9.17) is 0 Å². The second kappa shape index (κ2) is 6.28. The molecule has 0 bridgehead atoms. The van der Waals surface area contributed by atoms with Crippen LogP contribution in [0.25, 0.3) is 0 Å². The molecule has 0 heterocycles. The average molecular weight is 439 g/mol. The minimum Gasteiger partial charge on any atom is -0.438 e. The summed E-state index contributed by atoms with van der Waals surface area (Å²) in [4.78, 5) is 12.7. The molecule has 0 aliphatic heterocycles. The van der Waals surface area contributed by atoms with Crippen LogP contribution in [0.4, 0.5) is 0 Å². The van der Waals surface area contributed by atoms with Crippen molar-refractivity contribution < 1.29 is 4.80 Å². The van der Waals surface area contributed by atoms with Gasteiger partial charge in [-0.05, 0) is 0 Å². The summed E-state index contributed by atoms with van der Waals surface area (Å²) in [6.45, 7) is 35.8. The van der Waals surface area contributed by atoms with Gasteiger partial charge >= 0.3 is 0 Å². The van der Waals surface area contributed by atoms with Crippen LogP contribution in [-0.4, -0.2) is 55.8 Å². The van der Waals surface area contributed by atoms with Crippen LogP contribution in [0, 0.1) is 0 Å². The Labute approximate surface area is 153 Å². The first-order valence-electron chi connectivity index (χ1n) is 9.22. The molecule has 23 heavy (non-hydrogen) atoms. The van der Waals surface area contributed by atoms with E-state index in [1.807, 2.05) is 0 Å². The topological polar surface area (TPSA) is 20.2 Å². The van der Waals surface area contributed by atoms with E-state index < -0.39 is 51.0 Å². The average Bonchev–Trinajstić information content (AvgIpc) is 2.19. The van der Waals surface area contributed by atoms with Crippen LogP contribution in [0.5, 0.6) is 0 Å². The highest BCUT2D eigenvalue weighted by Crippen LogP contribution is 2.45. The van der Waals surface area contributed by atoms with Gasteiger partial charge in [-0.2, -0.15) is 0 Å². The summed E-state index contributed by atoms with van der Waals surface area (Å²) in [6, 6.07) is 0. The van der Waals surface area contributed by atoms with Gasteiger partial charge in [0.15, 0.2) is 7.35 Å². The van der Waals surface area contributed by atoms with E-state index in [-0.39, 0.29) is 0 Å². The summed E-state index contributed by atoms with van der Waals surface area (Å²) in [5.41, 5.74) is 0. The second-order valence-electron chi connectivity index (χ2n) is 12.3. The Kier molecular flexibility index (Phi) is 6.68. The van der Waals surface area contributed by atoms with Crippen LogP contribution in [0.3, 0.4) is 0 Å². The Bertz CT molecular complexity index is 365. The van der Waals surface area contributed by atoms with Gasteiger partial charge in [0.2, 0.25) is 0 Å². The molecule has 0 radical (unpaired) electrons. The largest absolute Gasteiger partial charge is 0.438 e. The Hall–Kier alpha value is 1.48. The fourth-order valence-corrected chi connectivity index (χ4v) is 234. The Morgan fingerprint density at radius 3 is 0.565 bits per heavy atom. The van der Waals surface area contributed by atoms with Crippen LogP contribution in [0.2, 0.25) is 98.2 Å². The lowest BCUT2D eigenvalue weighted by atomic mass is 11.8. The van der Waals surface area contributed by atoms with E-state index in [2.05, 4.69) is 98.2 Å². The second-order valence-corrected chi connectivity index (χ2v) is 89.3. The zero-order valence-corrected chi connectivity index (χ0v) is 25.9. The van der Waals surface area contributed by atoms with Crippen LogP contribution in [0.15, 0.2) is 0 Å². The van der Waals surface area contributed by atoms with Crippen molar-refractivity contribution in [3.63, 3.8) is 0 Å². The molecule has 0 saturated heterocycles. The van der Waals surface area contributed by atoms with Gasteiger partial charge < -0.3 is 4.80 Å². The highest BCUT2D eigenvalue weighted by atomic mass is 30.2. The molecule has 140 valence electrons. The SMILES string of the molecule is C[Si](C)(C)[Si](C)([Si](C)(C)C)[Si](C)(O)[Si](C)([Si](C)(C)C)[Si](C)(C)C. The van der Waals surface area contributed by atoms with Crippen molar-refractivity contribution >= 4 is 51.0 Å². The van der Waals surface area contributed by atoms with E-state index in [9.17, 15) is 4.80 Å². The molecule has 1 N–H and O–H groups in total. The van der Waals surface area contributed by atoms with Crippen molar-refractivity contribution in [2.75, 3.05) is 0 Å². The smallest absolute Gasteiger partial charge is 0.151 e. The highest BCUT2D eigenvalue weighted by Gasteiger charge is 2.73. The highest BCUT2D eigenvalue weighted by molar-refractivity contribution is 8.08. The van der Waals surface area contributed by atoms with Crippen molar-refractivity contribution in [1.82, 2.24) is 0 Å². The number of hydrogen-bond acceptors (Lipinski definition) is 1. The van der Waals surface area contributed by atoms with Crippen LogP contribution < -0.4 is 0 Å². The molecule has 0 aromatic carbocycles. The summed E-state index contributed by atoms with van der Waals surface area (Å²) in [5, 5.41) is 0. The predicted molar refractivity (Wildman–Crippen MR) is 130 cm³/mol. The van der Waals surface area contributed by atoms with Crippen LogP contribution >= 0.6 is 0 Å². The minimum atomic E-state index is -2.23. The molecule has 0 spiro atoms. The standard InChI is InChI=1S/C15H46OSi7/c1-17(2,3)22(14,18(4,5)6)21(13,16)23(15,19(7,8)9)20(10,11)12/h16H,1-15H3. The maximum absolute atomic E-state index is 12.7. The molecule has 8 heteroatoms. The fourth-order valence-electron chi connectivity index (χ4n) is 5.67. The summed E-state index contributed by atoms with van der Waals surface area (Å²) in [7, 11) is -7.66. The molecule has 0 aromatic heterocycles. The number of hydrogen-bond donors (Lipinski definition) is 1. The summed E-state index contributed by atoms with van der Waals surface area (Å²) >= 11 is 0.